The fraction of sp³-hybridized carbons (Fsp3) is 0.0588. The van der Waals surface area contributed by atoms with Crippen LogP contribution in [0.25, 0.3) is 10.9 Å². The molecule has 0 spiro atoms. The van der Waals surface area contributed by atoms with Crippen molar-refractivity contribution >= 4 is 28.2 Å². The number of aromatic nitrogens is 1. The maximum Gasteiger partial charge on any atom is 0.337 e. The van der Waals surface area contributed by atoms with E-state index in [1.807, 2.05) is 0 Å². The van der Waals surface area contributed by atoms with Crippen LogP contribution in [0.3, 0.4) is 0 Å². The van der Waals surface area contributed by atoms with E-state index in [2.05, 4.69) is 15.0 Å². The van der Waals surface area contributed by atoms with Crippen molar-refractivity contribution in [2.75, 3.05) is 12.4 Å². The number of anilines is 2. The third-order valence-corrected chi connectivity index (χ3v) is 3.35. The van der Waals surface area contributed by atoms with Crippen molar-refractivity contribution < 1.29 is 18.3 Å². The molecule has 2 aromatic carbocycles. The molecule has 0 atom stereocenters. The van der Waals surface area contributed by atoms with Crippen LogP contribution >= 0.6 is 0 Å². The van der Waals surface area contributed by atoms with E-state index < -0.39 is 17.6 Å². The highest BCUT2D eigenvalue weighted by Crippen LogP contribution is 2.29. The van der Waals surface area contributed by atoms with Crippen LogP contribution in [0, 0.1) is 11.6 Å². The zero-order valence-corrected chi connectivity index (χ0v) is 12.1. The van der Waals surface area contributed by atoms with Crippen molar-refractivity contribution in [1.82, 2.24) is 4.98 Å². The summed E-state index contributed by atoms with van der Waals surface area (Å²) in [5, 5.41) is 3.03. The number of fused-ring (bicyclic) bond motifs is 1. The number of carbonyl (C=O) groups is 1. The second-order valence-corrected chi connectivity index (χ2v) is 4.81. The summed E-state index contributed by atoms with van der Waals surface area (Å²) in [5.41, 5.74) is 1.19. The molecule has 0 saturated heterocycles. The lowest BCUT2D eigenvalue weighted by Crippen LogP contribution is -2.02. The van der Waals surface area contributed by atoms with Crippen molar-refractivity contribution in [3.05, 3.63) is 65.9 Å². The zero-order chi connectivity index (χ0) is 16.4. The first-order valence-corrected chi connectivity index (χ1v) is 6.78. The Morgan fingerprint density at radius 1 is 1.13 bits per heavy atom. The molecular formula is C17H12F2N2O2. The van der Waals surface area contributed by atoms with Crippen LogP contribution in [0.1, 0.15) is 10.4 Å². The van der Waals surface area contributed by atoms with E-state index in [1.165, 1.54) is 19.4 Å². The van der Waals surface area contributed by atoms with E-state index in [0.717, 1.165) is 12.1 Å². The Bertz CT molecular complexity index is 897. The third-order valence-electron chi connectivity index (χ3n) is 3.35. The second-order valence-electron chi connectivity index (χ2n) is 4.81. The average molecular weight is 314 g/mol. The fourth-order valence-corrected chi connectivity index (χ4v) is 2.29. The molecule has 0 fully saturated rings. The lowest BCUT2D eigenvalue weighted by Gasteiger charge is -2.11. The summed E-state index contributed by atoms with van der Waals surface area (Å²) in [6.45, 7) is 0. The van der Waals surface area contributed by atoms with Crippen LogP contribution < -0.4 is 5.32 Å². The number of nitrogens with zero attached hydrogens (tertiary/aromatic N) is 1. The number of hydrogen-bond donors (Lipinski definition) is 1. The predicted molar refractivity (Wildman–Crippen MR) is 82.7 cm³/mol. The molecular weight excluding hydrogens is 302 g/mol. The van der Waals surface area contributed by atoms with Gasteiger partial charge in [0.1, 0.15) is 17.2 Å². The van der Waals surface area contributed by atoms with E-state index in [0.29, 0.717) is 16.9 Å². The molecule has 0 unspecified atom stereocenters. The summed E-state index contributed by atoms with van der Waals surface area (Å²) in [5.74, 6) is -1.67. The zero-order valence-electron chi connectivity index (χ0n) is 12.1. The summed E-state index contributed by atoms with van der Waals surface area (Å²) in [6, 6.07) is 10.2. The maximum absolute atomic E-state index is 14.1. The summed E-state index contributed by atoms with van der Waals surface area (Å²) in [6.07, 6.45) is 1.39. The minimum atomic E-state index is -0.603. The van der Waals surface area contributed by atoms with Crippen LogP contribution in [0.5, 0.6) is 0 Å². The number of methoxy groups -OCH3 is 1. The van der Waals surface area contributed by atoms with Gasteiger partial charge < -0.3 is 10.1 Å². The molecule has 0 saturated carbocycles. The molecule has 1 heterocycles. The molecule has 23 heavy (non-hydrogen) atoms. The van der Waals surface area contributed by atoms with Crippen LogP contribution in [-0.4, -0.2) is 18.1 Å². The van der Waals surface area contributed by atoms with Gasteiger partial charge in [0.2, 0.25) is 0 Å². The van der Waals surface area contributed by atoms with Crippen molar-refractivity contribution in [3.63, 3.8) is 0 Å². The number of rotatable bonds is 3. The number of halogens is 2. The average Bonchev–Trinajstić information content (AvgIpc) is 2.58. The predicted octanol–water partition coefficient (Wildman–Crippen LogP) is 4.04. The van der Waals surface area contributed by atoms with Gasteiger partial charge in [-0.05, 0) is 36.4 Å². The summed E-state index contributed by atoms with van der Waals surface area (Å²) < 4.78 is 32.5. The number of esters is 1. The van der Waals surface area contributed by atoms with Gasteiger partial charge in [-0.3, -0.25) is 4.98 Å². The van der Waals surface area contributed by atoms with Gasteiger partial charge in [0.15, 0.2) is 0 Å². The molecule has 0 radical (unpaired) electrons. The van der Waals surface area contributed by atoms with Crippen molar-refractivity contribution in [3.8, 4) is 0 Å². The molecule has 1 aromatic heterocycles. The van der Waals surface area contributed by atoms with Crippen molar-refractivity contribution in [1.29, 1.82) is 0 Å². The van der Waals surface area contributed by atoms with Crippen molar-refractivity contribution in [2.24, 2.45) is 0 Å². The minimum absolute atomic E-state index is 0.0518. The number of benzene rings is 2. The topological polar surface area (TPSA) is 51.2 Å². The molecule has 0 aliphatic rings. The first kappa shape index (κ1) is 14.9. The quantitative estimate of drug-likeness (QED) is 0.741. The van der Waals surface area contributed by atoms with Gasteiger partial charge in [-0.25, -0.2) is 13.6 Å². The second kappa shape index (κ2) is 6.00. The van der Waals surface area contributed by atoms with E-state index >= 15 is 0 Å². The number of nitrogens with one attached hydrogen (secondary N) is 1. The number of ether oxygens (including phenoxy) is 1. The highest BCUT2D eigenvalue weighted by Gasteiger charge is 2.12. The molecule has 1 N–H and O–H groups in total. The molecule has 0 amide bonds. The van der Waals surface area contributed by atoms with Crippen molar-refractivity contribution in [2.45, 2.75) is 0 Å². The largest absolute Gasteiger partial charge is 0.465 e. The molecule has 3 rings (SSSR count). The normalized spacial score (nSPS) is 10.6. The highest BCUT2D eigenvalue weighted by molar-refractivity contribution is 5.95. The Labute approximate surface area is 130 Å². The Kier molecular flexibility index (Phi) is 3.89. The van der Waals surface area contributed by atoms with Gasteiger partial charge in [-0.1, -0.05) is 6.07 Å². The first-order chi connectivity index (χ1) is 11.1. The third kappa shape index (κ3) is 2.83. The van der Waals surface area contributed by atoms with E-state index in [4.69, 9.17) is 0 Å². The summed E-state index contributed by atoms with van der Waals surface area (Å²) in [4.78, 5) is 15.4. The number of pyridine rings is 1. The lowest BCUT2D eigenvalue weighted by atomic mass is 10.1. The SMILES string of the molecule is COC(=O)c1cccc(Nc2ccnc3c(F)ccc(F)c23)c1. The smallest absolute Gasteiger partial charge is 0.337 e. The Morgan fingerprint density at radius 3 is 2.70 bits per heavy atom. The molecule has 3 aromatic rings. The van der Waals surface area contributed by atoms with E-state index in [-0.39, 0.29) is 10.9 Å². The van der Waals surface area contributed by atoms with Crippen LogP contribution in [0.4, 0.5) is 20.2 Å². The summed E-state index contributed by atoms with van der Waals surface area (Å²) >= 11 is 0. The Morgan fingerprint density at radius 2 is 1.91 bits per heavy atom. The first-order valence-electron chi connectivity index (χ1n) is 6.78. The van der Waals surface area contributed by atoms with Gasteiger partial charge in [0.25, 0.3) is 0 Å². The minimum Gasteiger partial charge on any atom is -0.465 e. The molecule has 0 aliphatic carbocycles. The van der Waals surface area contributed by atoms with Crippen LogP contribution in [-0.2, 0) is 4.74 Å². The fourth-order valence-electron chi connectivity index (χ4n) is 2.29. The van der Waals surface area contributed by atoms with Gasteiger partial charge in [0.05, 0.1) is 23.7 Å². The molecule has 116 valence electrons. The number of carbonyl (C=O) groups excluding carboxylic acids is 1. The van der Waals surface area contributed by atoms with E-state index in [1.54, 1.807) is 24.3 Å². The molecule has 0 bridgehead atoms. The highest BCUT2D eigenvalue weighted by atomic mass is 19.1. The Hall–Kier alpha value is -3.02. The van der Waals surface area contributed by atoms with Gasteiger partial charge >= 0.3 is 5.97 Å². The van der Waals surface area contributed by atoms with Crippen LogP contribution in [0.2, 0.25) is 0 Å². The van der Waals surface area contributed by atoms with Gasteiger partial charge in [0, 0.05) is 11.9 Å². The van der Waals surface area contributed by atoms with Gasteiger partial charge in [-0.2, -0.15) is 0 Å². The van der Waals surface area contributed by atoms with Gasteiger partial charge in [-0.15, -0.1) is 0 Å². The van der Waals surface area contributed by atoms with Crippen LogP contribution in [0.15, 0.2) is 48.7 Å². The van der Waals surface area contributed by atoms with E-state index in [9.17, 15) is 13.6 Å². The molecule has 6 heteroatoms. The Balaban J connectivity index is 2.06. The monoisotopic (exact) mass is 314 g/mol. The lowest BCUT2D eigenvalue weighted by molar-refractivity contribution is 0.0601. The number of hydrogen-bond acceptors (Lipinski definition) is 4. The maximum atomic E-state index is 14.1. The summed E-state index contributed by atoms with van der Waals surface area (Å²) in [7, 11) is 1.29. The molecule has 4 nitrogen and oxygen atoms in total. The standard InChI is InChI=1S/C17H12F2N2O2/c1-23-17(22)10-3-2-4-11(9-10)21-14-7-8-20-16-13(19)6-5-12(18)15(14)16/h2-9H,1H3,(H,20,21). The molecule has 0 aliphatic heterocycles.